The van der Waals surface area contributed by atoms with Gasteiger partial charge in [0.05, 0.1) is 25.0 Å². The molecule has 1 atom stereocenters. The molecule has 0 bridgehead atoms. The summed E-state index contributed by atoms with van der Waals surface area (Å²) in [6.07, 6.45) is 11.9. The van der Waals surface area contributed by atoms with Crippen LogP contribution in [0.2, 0.25) is 0 Å². The number of allylic oxidation sites excluding steroid dienone is 1. The average Bonchev–Trinajstić information content (AvgIpc) is 3.53. The van der Waals surface area contributed by atoms with Crippen LogP contribution in [0.15, 0.2) is 30.9 Å². The number of nitrogens with one attached hydrogen (secondary N) is 1. The molecule has 0 aromatic heterocycles. The molecule has 0 spiro atoms. The smallest absolute Gasteiger partial charge is 0.373 e. The van der Waals surface area contributed by atoms with Crippen LogP contribution in [0, 0.1) is 0 Å². The highest BCUT2D eigenvalue weighted by Gasteiger charge is 2.24. The van der Waals surface area contributed by atoms with Gasteiger partial charge in [-0.05, 0) is 37.5 Å². The summed E-state index contributed by atoms with van der Waals surface area (Å²) in [7, 11) is 1.59. The number of epoxide rings is 1. The molecule has 1 aromatic carbocycles. The molecule has 2 rings (SSSR count). The second-order valence-corrected chi connectivity index (χ2v) is 7.00. The Kier molecular flexibility index (Phi) is 10.5. The molecule has 1 heterocycles. The monoisotopic (exact) mass is 391 g/mol. The van der Waals surface area contributed by atoms with E-state index < -0.39 is 5.97 Å². The van der Waals surface area contributed by atoms with Gasteiger partial charge in [-0.15, -0.1) is 6.58 Å². The van der Waals surface area contributed by atoms with E-state index in [2.05, 4.69) is 11.9 Å². The number of carbonyl (C=O) groups is 1. The van der Waals surface area contributed by atoms with Gasteiger partial charge >= 0.3 is 5.97 Å². The Morgan fingerprint density at radius 3 is 2.61 bits per heavy atom. The first kappa shape index (κ1) is 22.2. The van der Waals surface area contributed by atoms with Crippen LogP contribution in [0.5, 0.6) is 5.75 Å². The first-order valence-electron chi connectivity index (χ1n) is 10.2. The summed E-state index contributed by atoms with van der Waals surface area (Å²) in [5.74, 6) is 0.0702. The number of carbonyl (C=O) groups excluding carboxylic acids is 1. The lowest BCUT2D eigenvalue weighted by Gasteiger charge is -2.12. The number of methoxy groups -OCH3 is 1. The van der Waals surface area contributed by atoms with Crippen molar-refractivity contribution in [3.8, 4) is 5.75 Å². The van der Waals surface area contributed by atoms with Crippen LogP contribution in [0.1, 0.15) is 61.7 Å². The molecule has 1 aliphatic heterocycles. The largest absolute Gasteiger partial charge is 0.495 e. The van der Waals surface area contributed by atoms with E-state index in [1.54, 1.807) is 19.2 Å². The van der Waals surface area contributed by atoms with E-state index >= 15 is 0 Å². The molecule has 1 saturated heterocycles. The summed E-state index contributed by atoms with van der Waals surface area (Å²) < 4.78 is 10.4. The molecule has 1 aliphatic rings. The van der Waals surface area contributed by atoms with Crippen LogP contribution in [0.3, 0.4) is 0 Å². The molecule has 1 N–H and O–H groups in total. The molecular weight excluding hydrogens is 358 g/mol. The number of benzene rings is 1. The topological polar surface area (TPSA) is 69.3 Å². The van der Waals surface area contributed by atoms with Crippen molar-refractivity contribution in [3.63, 3.8) is 0 Å². The van der Waals surface area contributed by atoms with Crippen LogP contribution in [0.25, 0.3) is 0 Å². The minimum Gasteiger partial charge on any atom is -0.495 e. The van der Waals surface area contributed by atoms with Crippen molar-refractivity contribution < 1.29 is 24.0 Å². The number of unbranched alkanes of at least 4 members (excludes halogenated alkanes) is 7. The normalized spacial score (nSPS) is 15.1. The van der Waals surface area contributed by atoms with Crippen molar-refractivity contribution >= 4 is 11.7 Å². The van der Waals surface area contributed by atoms with Crippen LogP contribution >= 0.6 is 0 Å². The summed E-state index contributed by atoms with van der Waals surface area (Å²) >= 11 is 0. The quantitative estimate of drug-likeness (QED) is 0.142. The van der Waals surface area contributed by atoms with Crippen molar-refractivity contribution in [2.24, 2.45) is 0 Å². The fourth-order valence-electron chi connectivity index (χ4n) is 2.86. The lowest BCUT2D eigenvalue weighted by molar-refractivity contribution is -0.242. The zero-order valence-electron chi connectivity index (χ0n) is 16.9. The zero-order chi connectivity index (χ0) is 20.0. The molecule has 0 aliphatic carbocycles. The van der Waals surface area contributed by atoms with Crippen LogP contribution in [0.4, 0.5) is 5.69 Å². The minimum atomic E-state index is -0.543. The standard InChI is InChI=1S/C22H33NO5/c1-3-4-5-6-7-8-9-10-11-14-23-20-13-12-18(15-21(20)25-2)22(24)28-27-17-19-16-26-19/h3,12-13,15,19,23H,1,4-11,14,16-17H2,2H3. The minimum absolute atomic E-state index is 0.0474. The maximum atomic E-state index is 12.0. The molecular formula is C22H33NO5. The molecule has 1 aromatic rings. The van der Waals surface area contributed by atoms with E-state index in [1.165, 1.54) is 38.5 Å². The Morgan fingerprint density at radius 1 is 1.21 bits per heavy atom. The summed E-state index contributed by atoms with van der Waals surface area (Å²) in [4.78, 5) is 21.7. The molecule has 6 nitrogen and oxygen atoms in total. The van der Waals surface area contributed by atoms with Gasteiger partial charge in [-0.2, -0.15) is 4.89 Å². The number of rotatable bonds is 16. The molecule has 0 amide bonds. The maximum absolute atomic E-state index is 12.0. The van der Waals surface area contributed by atoms with E-state index in [1.807, 2.05) is 12.1 Å². The van der Waals surface area contributed by atoms with E-state index in [-0.39, 0.29) is 12.7 Å². The summed E-state index contributed by atoms with van der Waals surface area (Å²) in [5, 5.41) is 3.38. The highest BCUT2D eigenvalue weighted by molar-refractivity contribution is 5.90. The Morgan fingerprint density at radius 2 is 1.93 bits per heavy atom. The maximum Gasteiger partial charge on any atom is 0.373 e. The number of anilines is 1. The Bertz CT molecular complexity index is 601. The fourth-order valence-corrected chi connectivity index (χ4v) is 2.86. The van der Waals surface area contributed by atoms with Crippen LogP contribution in [-0.2, 0) is 14.5 Å². The van der Waals surface area contributed by atoms with Gasteiger partial charge in [0.1, 0.15) is 18.5 Å². The third kappa shape index (κ3) is 8.76. The first-order valence-corrected chi connectivity index (χ1v) is 10.2. The number of hydrogen-bond acceptors (Lipinski definition) is 6. The van der Waals surface area contributed by atoms with Crippen molar-refractivity contribution in [2.45, 2.75) is 57.5 Å². The van der Waals surface area contributed by atoms with Crippen LogP contribution < -0.4 is 10.1 Å². The zero-order valence-corrected chi connectivity index (χ0v) is 16.9. The van der Waals surface area contributed by atoms with Gasteiger partial charge in [-0.3, -0.25) is 4.89 Å². The predicted octanol–water partition coefficient (Wildman–Crippen LogP) is 4.90. The van der Waals surface area contributed by atoms with Gasteiger partial charge in [-0.1, -0.05) is 38.2 Å². The van der Waals surface area contributed by atoms with Crippen molar-refractivity contribution in [1.82, 2.24) is 0 Å². The lowest BCUT2D eigenvalue weighted by Crippen LogP contribution is -2.10. The second kappa shape index (κ2) is 13.2. The number of ether oxygens (including phenoxy) is 2. The van der Waals surface area contributed by atoms with E-state index in [9.17, 15) is 4.79 Å². The highest BCUT2D eigenvalue weighted by atomic mass is 17.2. The molecule has 1 fully saturated rings. The third-order valence-corrected chi connectivity index (χ3v) is 4.63. The first-order chi connectivity index (χ1) is 13.7. The van der Waals surface area contributed by atoms with E-state index in [0.29, 0.717) is 17.9 Å². The summed E-state index contributed by atoms with van der Waals surface area (Å²) in [6.45, 7) is 5.54. The second-order valence-electron chi connectivity index (χ2n) is 7.00. The Labute approximate surface area is 168 Å². The summed E-state index contributed by atoms with van der Waals surface area (Å²) in [5.41, 5.74) is 1.26. The Balaban J connectivity index is 1.62. The van der Waals surface area contributed by atoms with Crippen LogP contribution in [-0.4, -0.2) is 38.9 Å². The van der Waals surface area contributed by atoms with E-state index in [4.69, 9.17) is 19.2 Å². The van der Waals surface area contributed by atoms with E-state index in [0.717, 1.165) is 25.1 Å². The SMILES string of the molecule is C=CCCCCCCCCCNc1ccc(C(=O)OOCC2CO2)cc1OC. The molecule has 156 valence electrons. The van der Waals surface area contributed by atoms with Gasteiger partial charge in [0.15, 0.2) is 0 Å². The number of hydrogen-bond donors (Lipinski definition) is 1. The summed E-state index contributed by atoms with van der Waals surface area (Å²) in [6, 6.07) is 5.19. The molecule has 6 heteroatoms. The van der Waals surface area contributed by atoms with Gasteiger partial charge < -0.3 is 14.8 Å². The van der Waals surface area contributed by atoms with Gasteiger partial charge in [0, 0.05) is 6.54 Å². The van der Waals surface area contributed by atoms with Gasteiger partial charge in [0.25, 0.3) is 0 Å². The molecule has 0 radical (unpaired) electrons. The molecule has 28 heavy (non-hydrogen) atoms. The third-order valence-electron chi connectivity index (χ3n) is 4.63. The lowest BCUT2D eigenvalue weighted by atomic mass is 10.1. The average molecular weight is 392 g/mol. The van der Waals surface area contributed by atoms with Crippen molar-refractivity contribution in [2.75, 3.05) is 32.2 Å². The van der Waals surface area contributed by atoms with Gasteiger partial charge in [0.2, 0.25) is 0 Å². The fraction of sp³-hybridized carbons (Fsp3) is 0.591. The van der Waals surface area contributed by atoms with Gasteiger partial charge in [-0.25, -0.2) is 4.79 Å². The molecule has 0 saturated carbocycles. The highest BCUT2D eigenvalue weighted by Crippen LogP contribution is 2.26. The molecule has 1 unspecified atom stereocenters. The Hall–Kier alpha value is -2.05. The van der Waals surface area contributed by atoms with Crippen molar-refractivity contribution in [1.29, 1.82) is 0 Å². The van der Waals surface area contributed by atoms with Crippen molar-refractivity contribution in [3.05, 3.63) is 36.4 Å². The predicted molar refractivity (Wildman–Crippen MR) is 110 cm³/mol.